The summed E-state index contributed by atoms with van der Waals surface area (Å²) in [5, 5.41) is 12.6. The fourth-order valence-corrected chi connectivity index (χ4v) is 4.38. The molecule has 0 aliphatic carbocycles. The van der Waals surface area contributed by atoms with Gasteiger partial charge in [0.25, 0.3) is 5.91 Å². The first kappa shape index (κ1) is 21.6. The van der Waals surface area contributed by atoms with Crippen molar-refractivity contribution in [3.05, 3.63) is 87.8 Å². The lowest BCUT2D eigenvalue weighted by atomic mass is 9.95. The summed E-state index contributed by atoms with van der Waals surface area (Å²) in [6.45, 7) is 3.88. The summed E-state index contributed by atoms with van der Waals surface area (Å²) in [5.74, 6) is -0.203. The molecule has 32 heavy (non-hydrogen) atoms. The Kier molecular flexibility index (Phi) is 6.01. The molecule has 1 N–H and O–H groups in total. The van der Waals surface area contributed by atoms with E-state index in [0.29, 0.717) is 27.6 Å². The number of hydrogen-bond acceptors (Lipinski definition) is 6. The fraction of sp³-hybridized carbons (Fsp3) is 0.200. The number of aliphatic hydroxyl groups is 1. The number of methoxy groups -OCH3 is 1. The number of carbonyl (C=O) groups excluding carboxylic acids is 2. The van der Waals surface area contributed by atoms with Crippen molar-refractivity contribution in [2.45, 2.75) is 26.0 Å². The van der Waals surface area contributed by atoms with Crippen molar-refractivity contribution >= 4 is 28.7 Å². The molecule has 1 unspecified atom stereocenters. The molecule has 0 saturated carbocycles. The van der Waals surface area contributed by atoms with Gasteiger partial charge in [-0.15, -0.1) is 11.3 Å². The van der Waals surface area contributed by atoms with E-state index in [1.807, 2.05) is 26.0 Å². The van der Waals surface area contributed by atoms with Gasteiger partial charge in [0.15, 0.2) is 5.76 Å². The van der Waals surface area contributed by atoms with Crippen LogP contribution in [0.1, 0.15) is 35.1 Å². The van der Waals surface area contributed by atoms with E-state index < -0.39 is 17.7 Å². The number of aliphatic hydroxyl groups excluding tert-OH is 1. The number of ketones is 1. The summed E-state index contributed by atoms with van der Waals surface area (Å²) in [6.07, 6.45) is 0.0182. The highest BCUT2D eigenvalue weighted by Crippen LogP contribution is 2.43. The van der Waals surface area contributed by atoms with E-state index >= 15 is 0 Å². The van der Waals surface area contributed by atoms with Crippen molar-refractivity contribution in [1.29, 1.82) is 0 Å². The van der Waals surface area contributed by atoms with Crippen molar-refractivity contribution in [3.8, 4) is 11.5 Å². The van der Waals surface area contributed by atoms with Crippen LogP contribution in [0.25, 0.3) is 0 Å². The second-order valence-electron chi connectivity index (χ2n) is 7.58. The largest absolute Gasteiger partial charge is 0.503 e. The van der Waals surface area contributed by atoms with Crippen LogP contribution in [0.15, 0.2) is 77.4 Å². The molecule has 3 aromatic rings. The zero-order valence-corrected chi connectivity index (χ0v) is 18.8. The molecule has 0 bridgehead atoms. The number of anilines is 1. The van der Waals surface area contributed by atoms with Crippen LogP contribution in [-0.4, -0.2) is 30.0 Å². The van der Waals surface area contributed by atoms with Gasteiger partial charge in [-0.3, -0.25) is 14.5 Å². The summed E-state index contributed by atoms with van der Waals surface area (Å²) < 4.78 is 10.9. The van der Waals surface area contributed by atoms with Gasteiger partial charge in [-0.25, -0.2) is 0 Å². The van der Waals surface area contributed by atoms with Gasteiger partial charge >= 0.3 is 0 Å². The highest BCUT2D eigenvalue weighted by Gasteiger charge is 2.44. The SMILES string of the molecule is COc1ccc(N2C(=O)C(O)=C(C(=O)c3cccs3)C2c2ccc(OC(C)C)cc2)cc1. The predicted octanol–water partition coefficient (Wildman–Crippen LogP) is 5.33. The van der Waals surface area contributed by atoms with E-state index in [1.54, 1.807) is 61.0 Å². The van der Waals surface area contributed by atoms with Crippen LogP contribution in [0.3, 0.4) is 0 Å². The van der Waals surface area contributed by atoms with Crippen LogP contribution >= 0.6 is 11.3 Å². The van der Waals surface area contributed by atoms with Gasteiger partial charge in [0, 0.05) is 5.69 Å². The highest BCUT2D eigenvalue weighted by molar-refractivity contribution is 7.12. The lowest BCUT2D eigenvalue weighted by molar-refractivity contribution is -0.117. The van der Waals surface area contributed by atoms with Crippen LogP contribution in [0.4, 0.5) is 5.69 Å². The molecular formula is C25H23NO5S. The number of amides is 1. The van der Waals surface area contributed by atoms with Gasteiger partial charge < -0.3 is 14.6 Å². The molecule has 6 nitrogen and oxygen atoms in total. The first-order valence-electron chi connectivity index (χ1n) is 10.2. The number of Topliss-reactive ketones (excluding diaryl/α,β-unsaturated/α-hetero) is 1. The number of benzene rings is 2. The Labute approximate surface area is 190 Å². The third-order valence-electron chi connectivity index (χ3n) is 5.12. The second kappa shape index (κ2) is 8.88. The minimum atomic E-state index is -0.779. The van der Waals surface area contributed by atoms with Crippen molar-refractivity contribution in [1.82, 2.24) is 0 Å². The molecule has 2 aromatic carbocycles. The topological polar surface area (TPSA) is 76.1 Å². The Bertz CT molecular complexity index is 1150. The molecule has 0 fully saturated rings. The monoisotopic (exact) mass is 449 g/mol. The standard InChI is InChI=1S/C25H23NO5S/c1-15(2)31-19-10-6-16(7-11-19)22-21(23(27)20-5-4-14-32-20)24(28)25(29)26(22)17-8-12-18(30-3)13-9-17/h4-15,22,28H,1-3H3. The molecule has 0 radical (unpaired) electrons. The lowest BCUT2D eigenvalue weighted by Gasteiger charge is -2.27. The Morgan fingerprint density at radius 3 is 2.25 bits per heavy atom. The summed E-state index contributed by atoms with van der Waals surface area (Å²) in [5.41, 5.74) is 1.30. The van der Waals surface area contributed by atoms with Crippen molar-refractivity contribution in [3.63, 3.8) is 0 Å². The van der Waals surface area contributed by atoms with Crippen molar-refractivity contribution in [2.24, 2.45) is 0 Å². The summed E-state index contributed by atoms with van der Waals surface area (Å²) in [6, 6.07) is 16.8. The number of ether oxygens (including phenoxy) is 2. The second-order valence-corrected chi connectivity index (χ2v) is 8.53. The van der Waals surface area contributed by atoms with Gasteiger partial charge in [0.05, 0.1) is 29.7 Å². The molecular weight excluding hydrogens is 426 g/mol. The van der Waals surface area contributed by atoms with Crippen molar-refractivity contribution in [2.75, 3.05) is 12.0 Å². The third-order valence-corrected chi connectivity index (χ3v) is 5.98. The van der Waals surface area contributed by atoms with Crippen LogP contribution in [-0.2, 0) is 4.79 Å². The first-order valence-corrected chi connectivity index (χ1v) is 11.0. The lowest BCUT2D eigenvalue weighted by Crippen LogP contribution is -2.31. The smallest absolute Gasteiger partial charge is 0.294 e. The summed E-state index contributed by atoms with van der Waals surface area (Å²) in [4.78, 5) is 28.4. The molecule has 0 spiro atoms. The van der Waals surface area contributed by atoms with Gasteiger partial charge in [-0.1, -0.05) is 18.2 Å². The molecule has 164 valence electrons. The predicted molar refractivity (Wildman–Crippen MR) is 124 cm³/mol. The third kappa shape index (κ3) is 3.99. The van der Waals surface area contributed by atoms with Gasteiger partial charge in [0.1, 0.15) is 11.5 Å². The molecule has 0 saturated heterocycles. The molecule has 1 aromatic heterocycles. The number of hydrogen-bond donors (Lipinski definition) is 1. The Morgan fingerprint density at radius 2 is 1.69 bits per heavy atom. The maximum Gasteiger partial charge on any atom is 0.294 e. The first-order chi connectivity index (χ1) is 15.4. The summed E-state index contributed by atoms with van der Waals surface area (Å²) >= 11 is 1.27. The van der Waals surface area contributed by atoms with Gasteiger partial charge in [-0.05, 0) is 67.3 Å². The van der Waals surface area contributed by atoms with E-state index in [4.69, 9.17) is 9.47 Å². The molecule has 2 heterocycles. The zero-order valence-electron chi connectivity index (χ0n) is 17.9. The highest BCUT2D eigenvalue weighted by atomic mass is 32.1. The van der Waals surface area contributed by atoms with E-state index in [1.165, 1.54) is 16.2 Å². The Hall–Kier alpha value is -3.58. The maximum absolute atomic E-state index is 13.3. The normalized spacial score (nSPS) is 16.1. The Morgan fingerprint density at radius 1 is 1.03 bits per heavy atom. The minimum absolute atomic E-state index is 0.0182. The van der Waals surface area contributed by atoms with Crippen molar-refractivity contribution < 1.29 is 24.2 Å². The van der Waals surface area contributed by atoms with Crippen LogP contribution in [0.5, 0.6) is 11.5 Å². The maximum atomic E-state index is 13.3. The number of nitrogens with zero attached hydrogens (tertiary/aromatic N) is 1. The van der Waals surface area contributed by atoms with Crippen LogP contribution in [0.2, 0.25) is 0 Å². The Balaban J connectivity index is 1.81. The molecule has 1 amide bonds. The molecule has 1 aliphatic rings. The van der Waals surface area contributed by atoms with E-state index in [2.05, 4.69) is 0 Å². The van der Waals surface area contributed by atoms with Crippen LogP contribution < -0.4 is 14.4 Å². The van der Waals surface area contributed by atoms with E-state index in [-0.39, 0.29) is 17.5 Å². The molecule has 1 aliphatic heterocycles. The van der Waals surface area contributed by atoms with Gasteiger partial charge in [-0.2, -0.15) is 0 Å². The number of thiophene rings is 1. The van der Waals surface area contributed by atoms with E-state index in [9.17, 15) is 14.7 Å². The molecule has 1 atom stereocenters. The minimum Gasteiger partial charge on any atom is -0.503 e. The summed E-state index contributed by atoms with van der Waals surface area (Å²) in [7, 11) is 1.56. The van der Waals surface area contributed by atoms with Gasteiger partial charge in [0.2, 0.25) is 5.78 Å². The number of carbonyl (C=O) groups is 2. The fourth-order valence-electron chi connectivity index (χ4n) is 3.70. The molecule has 4 rings (SSSR count). The van der Waals surface area contributed by atoms with Crippen LogP contribution in [0, 0.1) is 0 Å². The van der Waals surface area contributed by atoms with E-state index in [0.717, 1.165) is 0 Å². The number of rotatable bonds is 7. The zero-order chi connectivity index (χ0) is 22.8. The quantitative estimate of drug-likeness (QED) is 0.494. The molecule has 7 heteroatoms. The average Bonchev–Trinajstić information content (AvgIpc) is 3.41. The average molecular weight is 450 g/mol.